The normalized spacial score (nSPS) is 27.4. The first-order chi connectivity index (χ1) is 6.54. The van der Waals surface area contributed by atoms with Crippen molar-refractivity contribution >= 4 is 0 Å². The maximum atomic E-state index is 8.11. The van der Waals surface area contributed by atoms with Gasteiger partial charge in [-0.2, -0.15) is 0 Å². The molecule has 1 heterocycles. The Labute approximate surface area is 84.0 Å². The summed E-state index contributed by atoms with van der Waals surface area (Å²) in [5.74, 6) is 0. The number of azide groups is 1. The lowest BCUT2D eigenvalue weighted by Crippen LogP contribution is -2.27. The SMILES string of the molecule is CC(C)(C)C1OC[C@H](CCN=[N+]=[N-])O1. The molecule has 0 spiro atoms. The van der Waals surface area contributed by atoms with Gasteiger partial charge in [-0.05, 0) is 12.0 Å². The van der Waals surface area contributed by atoms with E-state index in [2.05, 4.69) is 30.8 Å². The fourth-order valence-electron chi connectivity index (χ4n) is 1.30. The Morgan fingerprint density at radius 3 is 2.71 bits per heavy atom. The van der Waals surface area contributed by atoms with Crippen LogP contribution in [-0.2, 0) is 9.47 Å². The van der Waals surface area contributed by atoms with Gasteiger partial charge in [0.05, 0.1) is 12.7 Å². The zero-order valence-corrected chi connectivity index (χ0v) is 8.93. The van der Waals surface area contributed by atoms with Crippen LogP contribution in [0.2, 0.25) is 0 Å². The van der Waals surface area contributed by atoms with Crippen molar-refractivity contribution in [2.45, 2.75) is 39.6 Å². The highest BCUT2D eigenvalue weighted by Gasteiger charge is 2.34. The summed E-state index contributed by atoms with van der Waals surface area (Å²) >= 11 is 0. The maximum absolute atomic E-state index is 8.11. The summed E-state index contributed by atoms with van der Waals surface area (Å²) in [4.78, 5) is 2.69. The van der Waals surface area contributed by atoms with E-state index in [4.69, 9.17) is 15.0 Å². The van der Waals surface area contributed by atoms with Gasteiger partial charge in [-0.3, -0.25) is 0 Å². The molecule has 1 unspecified atom stereocenters. The summed E-state index contributed by atoms with van der Waals surface area (Å²) < 4.78 is 11.2. The summed E-state index contributed by atoms with van der Waals surface area (Å²) in [5, 5.41) is 3.47. The molecule has 2 atom stereocenters. The molecule has 0 aromatic rings. The van der Waals surface area contributed by atoms with E-state index in [1.54, 1.807) is 0 Å². The van der Waals surface area contributed by atoms with Gasteiger partial charge in [-0.1, -0.05) is 25.9 Å². The zero-order chi connectivity index (χ0) is 10.6. The van der Waals surface area contributed by atoms with Crippen molar-refractivity contribution in [3.8, 4) is 0 Å². The molecule has 0 aliphatic carbocycles. The van der Waals surface area contributed by atoms with Crippen molar-refractivity contribution in [3.05, 3.63) is 10.4 Å². The smallest absolute Gasteiger partial charge is 0.162 e. The Balaban J connectivity index is 2.30. The minimum Gasteiger partial charge on any atom is -0.349 e. The highest BCUT2D eigenvalue weighted by Crippen LogP contribution is 2.29. The van der Waals surface area contributed by atoms with Gasteiger partial charge in [0.25, 0.3) is 0 Å². The Hall–Kier alpha value is -0.770. The van der Waals surface area contributed by atoms with Gasteiger partial charge in [0, 0.05) is 16.9 Å². The van der Waals surface area contributed by atoms with E-state index in [0.29, 0.717) is 13.2 Å². The predicted molar refractivity (Wildman–Crippen MR) is 52.7 cm³/mol. The lowest BCUT2D eigenvalue weighted by Gasteiger charge is -2.25. The minimum atomic E-state index is -0.140. The second kappa shape index (κ2) is 4.64. The Kier molecular flexibility index (Phi) is 3.75. The maximum Gasteiger partial charge on any atom is 0.162 e. The summed E-state index contributed by atoms with van der Waals surface area (Å²) in [6.07, 6.45) is 0.666. The minimum absolute atomic E-state index is 0.00719. The molecule has 0 amide bonds. The second-order valence-electron chi connectivity index (χ2n) is 4.53. The number of ether oxygens (including phenoxy) is 2. The Morgan fingerprint density at radius 2 is 2.21 bits per heavy atom. The molecule has 1 fully saturated rings. The molecule has 1 aliphatic rings. The van der Waals surface area contributed by atoms with Gasteiger partial charge < -0.3 is 9.47 Å². The molecule has 5 nitrogen and oxygen atoms in total. The predicted octanol–water partition coefficient (Wildman–Crippen LogP) is 2.47. The van der Waals surface area contributed by atoms with Crippen molar-refractivity contribution in [1.29, 1.82) is 0 Å². The van der Waals surface area contributed by atoms with E-state index in [0.717, 1.165) is 6.42 Å². The molecule has 1 saturated heterocycles. The lowest BCUT2D eigenvalue weighted by molar-refractivity contribution is -0.124. The van der Waals surface area contributed by atoms with E-state index in [-0.39, 0.29) is 17.8 Å². The molecular weight excluding hydrogens is 182 g/mol. The van der Waals surface area contributed by atoms with Crippen LogP contribution in [-0.4, -0.2) is 25.5 Å². The second-order valence-corrected chi connectivity index (χ2v) is 4.53. The number of hydrogen-bond acceptors (Lipinski definition) is 3. The van der Waals surface area contributed by atoms with Crippen molar-refractivity contribution in [2.75, 3.05) is 13.2 Å². The van der Waals surface area contributed by atoms with E-state index in [1.165, 1.54) is 0 Å². The van der Waals surface area contributed by atoms with Crippen LogP contribution in [0.5, 0.6) is 0 Å². The summed E-state index contributed by atoms with van der Waals surface area (Å²) in [7, 11) is 0. The van der Waals surface area contributed by atoms with Gasteiger partial charge in [0.1, 0.15) is 0 Å². The number of hydrogen-bond donors (Lipinski definition) is 0. The highest BCUT2D eigenvalue weighted by atomic mass is 16.7. The van der Waals surface area contributed by atoms with Gasteiger partial charge in [-0.25, -0.2) is 0 Å². The van der Waals surface area contributed by atoms with Crippen LogP contribution >= 0.6 is 0 Å². The molecule has 80 valence electrons. The standard InChI is InChI=1S/C9H17N3O2/c1-9(2,3)8-13-6-7(14-8)4-5-11-12-10/h7-8H,4-6H2,1-3H3/t7-,8?/m0/s1. The van der Waals surface area contributed by atoms with Crippen molar-refractivity contribution in [3.63, 3.8) is 0 Å². The van der Waals surface area contributed by atoms with Crippen LogP contribution < -0.4 is 0 Å². The van der Waals surface area contributed by atoms with Crippen LogP contribution in [0.25, 0.3) is 10.4 Å². The van der Waals surface area contributed by atoms with Gasteiger partial charge in [0.15, 0.2) is 6.29 Å². The number of rotatable bonds is 3. The molecule has 0 bridgehead atoms. The van der Waals surface area contributed by atoms with E-state index < -0.39 is 0 Å². The first-order valence-corrected chi connectivity index (χ1v) is 4.82. The first-order valence-electron chi connectivity index (χ1n) is 4.82. The lowest BCUT2D eigenvalue weighted by atomic mass is 9.96. The third kappa shape index (κ3) is 3.18. The zero-order valence-electron chi connectivity index (χ0n) is 8.93. The average molecular weight is 199 g/mol. The van der Waals surface area contributed by atoms with Crippen LogP contribution in [0, 0.1) is 5.41 Å². The molecule has 1 aliphatic heterocycles. The monoisotopic (exact) mass is 199 g/mol. The van der Waals surface area contributed by atoms with Crippen LogP contribution in [0.1, 0.15) is 27.2 Å². The molecule has 0 radical (unpaired) electrons. The molecule has 1 rings (SSSR count). The molecule has 5 heteroatoms. The van der Waals surface area contributed by atoms with Crippen molar-refractivity contribution in [1.82, 2.24) is 0 Å². The Morgan fingerprint density at radius 1 is 1.50 bits per heavy atom. The van der Waals surface area contributed by atoms with Gasteiger partial charge in [0.2, 0.25) is 0 Å². The largest absolute Gasteiger partial charge is 0.349 e. The van der Waals surface area contributed by atoms with Gasteiger partial charge >= 0.3 is 0 Å². The third-order valence-corrected chi connectivity index (χ3v) is 2.07. The van der Waals surface area contributed by atoms with E-state index >= 15 is 0 Å². The quantitative estimate of drug-likeness (QED) is 0.398. The Bertz CT molecular complexity index is 231. The van der Waals surface area contributed by atoms with Crippen LogP contribution in [0.15, 0.2) is 5.11 Å². The van der Waals surface area contributed by atoms with Gasteiger partial charge in [-0.15, -0.1) is 0 Å². The fraction of sp³-hybridized carbons (Fsp3) is 1.00. The summed E-state index contributed by atoms with van der Waals surface area (Å²) in [6.45, 7) is 7.30. The molecule has 14 heavy (non-hydrogen) atoms. The van der Waals surface area contributed by atoms with Crippen LogP contribution in [0.3, 0.4) is 0 Å². The molecule has 0 aromatic heterocycles. The number of nitrogens with zero attached hydrogens (tertiary/aromatic N) is 3. The van der Waals surface area contributed by atoms with Crippen molar-refractivity contribution < 1.29 is 9.47 Å². The third-order valence-electron chi connectivity index (χ3n) is 2.07. The molecule has 0 N–H and O–H groups in total. The molecular formula is C9H17N3O2. The first kappa shape index (κ1) is 11.3. The van der Waals surface area contributed by atoms with Crippen LogP contribution in [0.4, 0.5) is 0 Å². The summed E-state index contributed by atoms with van der Waals surface area (Å²) in [5.41, 5.74) is 8.11. The van der Waals surface area contributed by atoms with Crippen molar-refractivity contribution in [2.24, 2.45) is 10.5 Å². The van der Waals surface area contributed by atoms with E-state index in [1.807, 2.05) is 0 Å². The highest BCUT2D eigenvalue weighted by molar-refractivity contribution is 4.75. The molecule has 0 aromatic carbocycles. The summed E-state index contributed by atoms with van der Waals surface area (Å²) in [6, 6.07) is 0. The topological polar surface area (TPSA) is 67.2 Å². The van der Waals surface area contributed by atoms with E-state index in [9.17, 15) is 0 Å². The molecule has 0 saturated carbocycles. The average Bonchev–Trinajstić information content (AvgIpc) is 2.52. The fourth-order valence-corrected chi connectivity index (χ4v) is 1.30.